The predicted molar refractivity (Wildman–Crippen MR) is 100 cm³/mol. The molecule has 3 aromatic rings. The lowest BCUT2D eigenvalue weighted by Crippen LogP contribution is -2.09. The smallest absolute Gasteiger partial charge is 0.224 e. The van der Waals surface area contributed by atoms with E-state index >= 15 is 0 Å². The molecule has 2 N–H and O–H groups in total. The van der Waals surface area contributed by atoms with Crippen LogP contribution in [0.2, 0.25) is 5.02 Å². The van der Waals surface area contributed by atoms with Crippen molar-refractivity contribution in [3.8, 4) is 0 Å². The number of benzene rings is 2. The maximum Gasteiger partial charge on any atom is 0.224 e. The first kappa shape index (κ1) is 17.2. The van der Waals surface area contributed by atoms with Crippen molar-refractivity contribution in [2.75, 3.05) is 17.2 Å². The molecule has 128 valence electrons. The fraction of sp³-hybridized carbons (Fsp3) is 0.158. The summed E-state index contributed by atoms with van der Waals surface area (Å²) < 4.78 is 13.6. The maximum absolute atomic E-state index is 13.6. The van der Waals surface area contributed by atoms with Gasteiger partial charge in [-0.15, -0.1) is 0 Å². The van der Waals surface area contributed by atoms with Gasteiger partial charge in [0.2, 0.25) is 5.95 Å². The van der Waals surface area contributed by atoms with Gasteiger partial charge in [-0.1, -0.05) is 29.8 Å². The second-order valence-corrected chi connectivity index (χ2v) is 6.05. The number of hydrogen-bond acceptors (Lipinski definition) is 4. The summed E-state index contributed by atoms with van der Waals surface area (Å²) in [7, 11) is 0. The molecule has 3 rings (SSSR count). The van der Waals surface area contributed by atoms with E-state index in [1.807, 2.05) is 31.2 Å². The molecule has 0 aliphatic carbocycles. The number of halogens is 2. The summed E-state index contributed by atoms with van der Waals surface area (Å²) in [6, 6.07) is 14.2. The number of nitrogens with zero attached hydrogens (tertiary/aromatic N) is 2. The van der Waals surface area contributed by atoms with Gasteiger partial charge in [0.25, 0.3) is 0 Å². The van der Waals surface area contributed by atoms with Crippen LogP contribution in [0.5, 0.6) is 0 Å². The van der Waals surface area contributed by atoms with E-state index in [4.69, 9.17) is 11.6 Å². The van der Waals surface area contributed by atoms with Crippen molar-refractivity contribution >= 4 is 29.1 Å². The molecular formula is C19H18ClFN4. The summed E-state index contributed by atoms with van der Waals surface area (Å²) in [6.45, 7) is 2.52. The number of hydrogen-bond donors (Lipinski definition) is 2. The second kappa shape index (κ2) is 7.94. The monoisotopic (exact) mass is 356 g/mol. The summed E-state index contributed by atoms with van der Waals surface area (Å²) in [5.74, 6) is 0.973. The molecule has 0 amide bonds. The first-order chi connectivity index (χ1) is 12.1. The van der Waals surface area contributed by atoms with Crippen LogP contribution in [0.15, 0.2) is 54.7 Å². The van der Waals surface area contributed by atoms with Gasteiger partial charge in [-0.05, 0) is 54.8 Å². The topological polar surface area (TPSA) is 49.8 Å². The minimum absolute atomic E-state index is 0.196. The van der Waals surface area contributed by atoms with Gasteiger partial charge in [0.05, 0.1) is 0 Å². The molecule has 0 fully saturated rings. The van der Waals surface area contributed by atoms with Crippen LogP contribution >= 0.6 is 11.6 Å². The number of aromatic nitrogens is 2. The van der Waals surface area contributed by atoms with Crippen LogP contribution in [0.25, 0.3) is 0 Å². The Kier molecular flexibility index (Phi) is 5.46. The number of aryl methyl sites for hydroxylation is 1. The minimum atomic E-state index is -0.196. The fourth-order valence-corrected chi connectivity index (χ4v) is 2.66. The van der Waals surface area contributed by atoms with Crippen molar-refractivity contribution in [2.45, 2.75) is 13.3 Å². The zero-order chi connectivity index (χ0) is 17.6. The van der Waals surface area contributed by atoms with Gasteiger partial charge in [0.15, 0.2) is 0 Å². The third-order valence-corrected chi connectivity index (χ3v) is 3.98. The van der Waals surface area contributed by atoms with E-state index in [0.29, 0.717) is 35.3 Å². The molecule has 0 atom stereocenters. The van der Waals surface area contributed by atoms with E-state index in [0.717, 1.165) is 11.3 Å². The average Bonchev–Trinajstić information content (AvgIpc) is 2.60. The summed E-state index contributed by atoms with van der Waals surface area (Å²) in [4.78, 5) is 8.62. The summed E-state index contributed by atoms with van der Waals surface area (Å²) in [6.07, 6.45) is 2.23. The molecule has 0 unspecified atom stereocenters. The highest BCUT2D eigenvalue weighted by Gasteiger charge is 2.04. The van der Waals surface area contributed by atoms with E-state index in [2.05, 4.69) is 20.6 Å². The fourth-order valence-electron chi connectivity index (χ4n) is 2.43. The SMILES string of the molecule is Cc1cc(Cl)ccc1Nc1ccnc(NCCc2ccccc2F)n1. The Bertz CT molecular complexity index is 870. The molecule has 25 heavy (non-hydrogen) atoms. The highest BCUT2D eigenvalue weighted by atomic mass is 35.5. The van der Waals surface area contributed by atoms with Crippen LogP contribution in [0, 0.1) is 12.7 Å². The van der Waals surface area contributed by atoms with E-state index in [1.54, 1.807) is 24.4 Å². The number of rotatable bonds is 6. The molecule has 0 aliphatic heterocycles. The van der Waals surface area contributed by atoms with Crippen LogP contribution in [-0.2, 0) is 6.42 Å². The second-order valence-electron chi connectivity index (χ2n) is 5.62. The molecule has 0 radical (unpaired) electrons. The molecule has 0 aliphatic rings. The minimum Gasteiger partial charge on any atom is -0.354 e. The molecule has 2 aromatic carbocycles. The summed E-state index contributed by atoms with van der Waals surface area (Å²) >= 11 is 5.97. The van der Waals surface area contributed by atoms with E-state index in [1.165, 1.54) is 6.07 Å². The molecular weight excluding hydrogens is 339 g/mol. The molecule has 0 saturated carbocycles. The van der Waals surface area contributed by atoms with Gasteiger partial charge in [0, 0.05) is 23.5 Å². The van der Waals surface area contributed by atoms with Gasteiger partial charge < -0.3 is 10.6 Å². The van der Waals surface area contributed by atoms with E-state index in [-0.39, 0.29) is 5.82 Å². The van der Waals surface area contributed by atoms with E-state index < -0.39 is 0 Å². The number of nitrogens with one attached hydrogen (secondary N) is 2. The number of anilines is 3. The molecule has 1 aromatic heterocycles. The van der Waals surface area contributed by atoms with Gasteiger partial charge in [0.1, 0.15) is 11.6 Å². The summed E-state index contributed by atoms with van der Waals surface area (Å²) in [5.41, 5.74) is 2.63. The van der Waals surface area contributed by atoms with Crippen molar-refractivity contribution in [1.29, 1.82) is 0 Å². The van der Waals surface area contributed by atoms with Crippen molar-refractivity contribution in [3.63, 3.8) is 0 Å². The zero-order valence-electron chi connectivity index (χ0n) is 13.8. The van der Waals surface area contributed by atoms with Crippen molar-refractivity contribution in [2.24, 2.45) is 0 Å². The molecule has 0 saturated heterocycles. The van der Waals surface area contributed by atoms with Crippen molar-refractivity contribution < 1.29 is 4.39 Å². The van der Waals surface area contributed by atoms with Gasteiger partial charge in [-0.2, -0.15) is 4.98 Å². The Morgan fingerprint density at radius 1 is 1.12 bits per heavy atom. The highest BCUT2D eigenvalue weighted by Crippen LogP contribution is 2.22. The lowest BCUT2D eigenvalue weighted by atomic mass is 10.1. The Hall–Kier alpha value is -2.66. The van der Waals surface area contributed by atoms with Crippen LogP contribution in [-0.4, -0.2) is 16.5 Å². The quantitative estimate of drug-likeness (QED) is 0.654. The van der Waals surface area contributed by atoms with E-state index in [9.17, 15) is 4.39 Å². The van der Waals surface area contributed by atoms with Crippen LogP contribution in [0.1, 0.15) is 11.1 Å². The predicted octanol–water partition coefficient (Wildman–Crippen LogP) is 4.98. The van der Waals surface area contributed by atoms with Gasteiger partial charge in [-0.3, -0.25) is 0 Å². The van der Waals surface area contributed by atoms with Gasteiger partial charge >= 0.3 is 0 Å². The first-order valence-electron chi connectivity index (χ1n) is 7.95. The van der Waals surface area contributed by atoms with Crippen LogP contribution < -0.4 is 10.6 Å². The van der Waals surface area contributed by atoms with Crippen molar-refractivity contribution in [3.05, 3.63) is 76.7 Å². The molecule has 4 nitrogen and oxygen atoms in total. The Morgan fingerprint density at radius 2 is 1.96 bits per heavy atom. The van der Waals surface area contributed by atoms with Crippen LogP contribution in [0.4, 0.5) is 21.8 Å². The highest BCUT2D eigenvalue weighted by molar-refractivity contribution is 6.30. The molecule has 0 spiro atoms. The average molecular weight is 357 g/mol. The zero-order valence-corrected chi connectivity index (χ0v) is 14.5. The maximum atomic E-state index is 13.6. The largest absolute Gasteiger partial charge is 0.354 e. The van der Waals surface area contributed by atoms with Crippen LogP contribution in [0.3, 0.4) is 0 Å². The summed E-state index contributed by atoms with van der Waals surface area (Å²) in [5, 5.41) is 7.06. The Morgan fingerprint density at radius 3 is 2.76 bits per heavy atom. The van der Waals surface area contributed by atoms with Gasteiger partial charge in [-0.25, -0.2) is 9.37 Å². The molecule has 0 bridgehead atoms. The lowest BCUT2D eigenvalue weighted by Gasteiger charge is -2.11. The van der Waals surface area contributed by atoms with Crippen molar-refractivity contribution in [1.82, 2.24) is 9.97 Å². The standard InChI is InChI=1S/C19H18ClFN4/c1-13-12-15(20)6-7-17(13)24-18-9-11-23-19(25-18)22-10-8-14-4-2-3-5-16(14)21/h2-7,9,11-12H,8,10H2,1H3,(H2,22,23,24,25). The molecule has 6 heteroatoms. The lowest BCUT2D eigenvalue weighted by molar-refractivity contribution is 0.610. The molecule has 1 heterocycles. The third-order valence-electron chi connectivity index (χ3n) is 3.74. The Labute approximate surface area is 151 Å². The first-order valence-corrected chi connectivity index (χ1v) is 8.33. The Balaban J connectivity index is 1.62. The normalized spacial score (nSPS) is 10.5. The third kappa shape index (κ3) is 4.67.